The number of fused-ring (bicyclic) bond motifs is 1. The van der Waals surface area contributed by atoms with Crippen LogP contribution in [0.25, 0.3) is 0 Å². The second-order valence-corrected chi connectivity index (χ2v) is 9.36. The number of methoxy groups -OCH3 is 1. The van der Waals surface area contributed by atoms with E-state index in [1.807, 2.05) is 6.92 Å². The molecule has 0 aromatic heterocycles. The number of hydrogen-bond donors (Lipinski definition) is 2. The molecule has 3 rings (SSSR count). The Morgan fingerprint density at radius 3 is 2.73 bits per heavy atom. The molecule has 0 saturated carbocycles. The minimum atomic E-state index is -3.84. The Morgan fingerprint density at radius 2 is 2.04 bits per heavy atom. The lowest BCUT2D eigenvalue weighted by molar-refractivity contribution is -0.116. The van der Waals surface area contributed by atoms with Gasteiger partial charge in [0, 0.05) is 16.6 Å². The minimum Gasteiger partial charge on any atom is -0.495 e. The number of ether oxygens (including phenoxy) is 1. The number of nitrogens with one attached hydrogen (secondary N) is 2. The summed E-state index contributed by atoms with van der Waals surface area (Å²) < 4.78 is 32.9. The molecule has 0 radical (unpaired) electrons. The second-order valence-electron chi connectivity index (χ2n) is 5.79. The molecule has 138 valence electrons. The van der Waals surface area contributed by atoms with Crippen LogP contribution in [-0.2, 0) is 14.8 Å². The average molecular weight is 413 g/mol. The van der Waals surface area contributed by atoms with E-state index in [-0.39, 0.29) is 16.1 Å². The fourth-order valence-corrected chi connectivity index (χ4v) is 4.93. The maximum atomic E-state index is 12.7. The SMILES string of the molecule is COc1ccc(NS(=O)(=O)c2ccc3c(c2)NC(=O)C[C@H](C)S3)cc1Cl. The number of halogens is 1. The largest absolute Gasteiger partial charge is 0.495 e. The Bertz CT molecular complexity index is 963. The van der Waals surface area contributed by atoms with Crippen LogP contribution < -0.4 is 14.8 Å². The van der Waals surface area contributed by atoms with Gasteiger partial charge in [0.05, 0.1) is 28.4 Å². The second kappa shape index (κ2) is 7.38. The molecule has 0 unspecified atom stereocenters. The molecule has 1 amide bonds. The van der Waals surface area contributed by atoms with Gasteiger partial charge in [-0.05, 0) is 36.4 Å². The summed E-state index contributed by atoms with van der Waals surface area (Å²) in [4.78, 5) is 12.8. The van der Waals surface area contributed by atoms with Crippen molar-refractivity contribution >= 4 is 50.7 Å². The molecule has 6 nitrogen and oxygen atoms in total. The zero-order valence-corrected chi connectivity index (χ0v) is 16.5. The molecule has 1 aliphatic heterocycles. The molecule has 0 saturated heterocycles. The third kappa shape index (κ3) is 4.08. The highest BCUT2D eigenvalue weighted by Crippen LogP contribution is 2.36. The van der Waals surface area contributed by atoms with Gasteiger partial charge in [-0.1, -0.05) is 18.5 Å². The zero-order chi connectivity index (χ0) is 18.9. The first-order valence-corrected chi connectivity index (χ1v) is 10.5. The normalized spacial score (nSPS) is 17.0. The zero-order valence-electron chi connectivity index (χ0n) is 14.1. The van der Waals surface area contributed by atoms with Crippen molar-refractivity contribution in [3.63, 3.8) is 0 Å². The van der Waals surface area contributed by atoms with Gasteiger partial charge >= 0.3 is 0 Å². The number of sulfonamides is 1. The number of carbonyl (C=O) groups is 1. The van der Waals surface area contributed by atoms with Crippen molar-refractivity contribution in [2.75, 3.05) is 17.1 Å². The van der Waals surface area contributed by atoms with E-state index >= 15 is 0 Å². The van der Waals surface area contributed by atoms with Gasteiger partial charge in [0.15, 0.2) is 0 Å². The number of amides is 1. The topological polar surface area (TPSA) is 84.5 Å². The van der Waals surface area contributed by atoms with Crippen LogP contribution in [0.15, 0.2) is 46.2 Å². The molecule has 9 heteroatoms. The van der Waals surface area contributed by atoms with E-state index in [4.69, 9.17) is 16.3 Å². The molecule has 0 fully saturated rings. The number of thioether (sulfide) groups is 1. The third-order valence-corrected chi connectivity index (χ3v) is 6.59. The minimum absolute atomic E-state index is 0.0543. The molecule has 1 heterocycles. The van der Waals surface area contributed by atoms with Gasteiger partial charge in [0.2, 0.25) is 5.91 Å². The summed E-state index contributed by atoms with van der Waals surface area (Å²) in [7, 11) is -2.36. The summed E-state index contributed by atoms with van der Waals surface area (Å²) in [6, 6.07) is 9.30. The number of carbonyl (C=O) groups excluding carboxylic acids is 1. The Morgan fingerprint density at radius 1 is 1.27 bits per heavy atom. The van der Waals surface area contributed by atoms with Crippen LogP contribution in [0.1, 0.15) is 13.3 Å². The van der Waals surface area contributed by atoms with Gasteiger partial charge < -0.3 is 10.1 Å². The monoisotopic (exact) mass is 412 g/mol. The summed E-state index contributed by atoms with van der Waals surface area (Å²) in [6.45, 7) is 1.96. The van der Waals surface area contributed by atoms with Crippen LogP contribution in [0.3, 0.4) is 0 Å². The lowest BCUT2D eigenvalue weighted by atomic mass is 10.3. The van der Waals surface area contributed by atoms with E-state index < -0.39 is 10.0 Å². The molecular formula is C17H17ClN2O4S2. The molecule has 2 aromatic carbocycles. The summed E-state index contributed by atoms with van der Waals surface area (Å²) in [5.41, 5.74) is 0.817. The van der Waals surface area contributed by atoms with Crippen molar-refractivity contribution < 1.29 is 17.9 Å². The maximum absolute atomic E-state index is 12.7. The molecule has 0 aliphatic carbocycles. The van der Waals surface area contributed by atoms with Crippen molar-refractivity contribution in [1.82, 2.24) is 0 Å². The Kier molecular flexibility index (Phi) is 5.36. The standard InChI is InChI=1S/C17H17ClN2O4S2/c1-10-7-17(21)19-14-9-12(4-6-16(14)25-10)26(22,23)20-11-3-5-15(24-2)13(18)8-11/h3-6,8-10,20H,7H2,1-2H3,(H,19,21)/t10-/m0/s1. The summed E-state index contributed by atoms with van der Waals surface area (Å²) in [5.74, 6) is 0.321. The molecule has 26 heavy (non-hydrogen) atoms. The van der Waals surface area contributed by atoms with E-state index in [0.717, 1.165) is 4.90 Å². The first kappa shape index (κ1) is 18.9. The summed E-state index contributed by atoms with van der Waals surface area (Å²) in [6.07, 6.45) is 0.379. The van der Waals surface area contributed by atoms with E-state index in [0.29, 0.717) is 28.6 Å². The molecule has 2 aromatic rings. The first-order valence-electron chi connectivity index (χ1n) is 7.75. The van der Waals surface area contributed by atoms with Gasteiger partial charge in [-0.15, -0.1) is 11.8 Å². The molecule has 1 atom stereocenters. The number of hydrogen-bond acceptors (Lipinski definition) is 5. The average Bonchev–Trinajstić information content (AvgIpc) is 2.70. The predicted octanol–water partition coefficient (Wildman–Crippen LogP) is 3.97. The molecule has 0 bridgehead atoms. The van der Waals surface area contributed by atoms with Crippen LogP contribution in [0.2, 0.25) is 5.02 Å². The van der Waals surface area contributed by atoms with E-state index in [1.165, 1.54) is 37.1 Å². The fraction of sp³-hybridized carbons (Fsp3) is 0.235. The van der Waals surface area contributed by atoms with Crippen molar-refractivity contribution in [1.29, 1.82) is 0 Å². The molecule has 2 N–H and O–H groups in total. The molecule has 0 spiro atoms. The molecule has 1 aliphatic rings. The maximum Gasteiger partial charge on any atom is 0.261 e. The van der Waals surface area contributed by atoms with Crippen LogP contribution in [0, 0.1) is 0 Å². The van der Waals surface area contributed by atoms with Crippen molar-refractivity contribution in [2.45, 2.75) is 28.4 Å². The van der Waals surface area contributed by atoms with Gasteiger partial charge in [0.25, 0.3) is 10.0 Å². The van der Waals surface area contributed by atoms with Crippen LogP contribution in [0.5, 0.6) is 5.75 Å². The van der Waals surface area contributed by atoms with Gasteiger partial charge in [-0.2, -0.15) is 0 Å². The summed E-state index contributed by atoms with van der Waals surface area (Å²) >= 11 is 7.57. The Balaban J connectivity index is 1.90. The highest BCUT2D eigenvalue weighted by Gasteiger charge is 2.22. The van der Waals surface area contributed by atoms with Crippen molar-refractivity contribution in [3.05, 3.63) is 41.4 Å². The van der Waals surface area contributed by atoms with Crippen molar-refractivity contribution in [2.24, 2.45) is 0 Å². The summed E-state index contributed by atoms with van der Waals surface area (Å²) in [5, 5.41) is 3.19. The molecular weight excluding hydrogens is 396 g/mol. The van der Waals surface area contributed by atoms with E-state index in [2.05, 4.69) is 10.0 Å². The predicted molar refractivity (Wildman–Crippen MR) is 104 cm³/mol. The number of anilines is 2. The van der Waals surface area contributed by atoms with Crippen LogP contribution in [0.4, 0.5) is 11.4 Å². The lowest BCUT2D eigenvalue weighted by Gasteiger charge is -2.12. The quantitative estimate of drug-likeness (QED) is 0.793. The van der Waals surface area contributed by atoms with E-state index in [9.17, 15) is 13.2 Å². The van der Waals surface area contributed by atoms with Gasteiger partial charge in [0.1, 0.15) is 5.75 Å². The highest BCUT2D eigenvalue weighted by atomic mass is 35.5. The highest BCUT2D eigenvalue weighted by molar-refractivity contribution is 8.00. The number of rotatable bonds is 4. The van der Waals surface area contributed by atoms with Crippen molar-refractivity contribution in [3.8, 4) is 5.75 Å². The Hall–Kier alpha value is -1.90. The lowest BCUT2D eigenvalue weighted by Crippen LogP contribution is -2.15. The van der Waals surface area contributed by atoms with E-state index in [1.54, 1.807) is 18.2 Å². The third-order valence-electron chi connectivity index (χ3n) is 3.74. The van der Waals surface area contributed by atoms with Crippen LogP contribution >= 0.6 is 23.4 Å². The number of benzene rings is 2. The first-order chi connectivity index (χ1) is 12.3. The fourth-order valence-electron chi connectivity index (χ4n) is 2.54. The van der Waals surface area contributed by atoms with Gasteiger partial charge in [-0.25, -0.2) is 8.42 Å². The smallest absolute Gasteiger partial charge is 0.261 e. The Labute approximate surface area is 161 Å². The van der Waals surface area contributed by atoms with Gasteiger partial charge in [-0.3, -0.25) is 9.52 Å². The van der Waals surface area contributed by atoms with Crippen LogP contribution in [-0.4, -0.2) is 26.7 Å².